The summed E-state index contributed by atoms with van der Waals surface area (Å²) < 4.78 is 27.1. The first-order chi connectivity index (χ1) is 15.6. The van der Waals surface area contributed by atoms with Crippen LogP contribution in [0.5, 0.6) is 0 Å². The fourth-order valence-electron chi connectivity index (χ4n) is 3.91. The highest BCUT2D eigenvalue weighted by Crippen LogP contribution is 2.42. The van der Waals surface area contributed by atoms with Crippen LogP contribution < -0.4 is 21.4 Å². The van der Waals surface area contributed by atoms with E-state index < -0.39 is 25.5 Å². The molecular formula is C28H30BO3P. The van der Waals surface area contributed by atoms with E-state index >= 15 is 0 Å². The van der Waals surface area contributed by atoms with Gasteiger partial charge < -0.3 is 13.9 Å². The summed E-state index contributed by atoms with van der Waals surface area (Å²) >= 11 is 0. The van der Waals surface area contributed by atoms with Crippen LogP contribution in [0.15, 0.2) is 86.0 Å². The molecule has 1 heterocycles. The predicted octanol–water partition coefficient (Wildman–Crippen LogP) is 4.91. The molecule has 0 bridgehead atoms. The lowest BCUT2D eigenvalue weighted by atomic mass is 9.79. The molecule has 0 N–H and O–H groups in total. The highest BCUT2D eigenvalue weighted by molar-refractivity contribution is 7.85. The number of rotatable bonds is 6. The summed E-state index contributed by atoms with van der Waals surface area (Å²) in [5, 5.41) is 2.33. The van der Waals surface area contributed by atoms with Gasteiger partial charge in [-0.25, -0.2) is 0 Å². The molecule has 0 atom stereocenters. The Morgan fingerprint density at radius 2 is 1.00 bits per heavy atom. The first kappa shape index (κ1) is 23.5. The first-order valence-electron chi connectivity index (χ1n) is 11.1. The number of benzene rings is 3. The van der Waals surface area contributed by atoms with Crippen molar-refractivity contribution in [3.8, 4) is 0 Å². The molecule has 3 nitrogen and oxygen atoms in total. The molecule has 0 saturated carbocycles. The summed E-state index contributed by atoms with van der Waals surface area (Å²) in [4.78, 5) is 0. The molecule has 0 spiro atoms. The Morgan fingerprint density at radius 3 is 1.33 bits per heavy atom. The summed E-state index contributed by atoms with van der Waals surface area (Å²) in [6.45, 7) is 15.8. The van der Waals surface area contributed by atoms with Gasteiger partial charge in [0, 0.05) is 15.9 Å². The van der Waals surface area contributed by atoms with E-state index in [2.05, 4.69) is 13.2 Å². The molecule has 1 aliphatic heterocycles. The van der Waals surface area contributed by atoms with Crippen molar-refractivity contribution >= 4 is 47.8 Å². The highest BCUT2D eigenvalue weighted by Gasteiger charge is 2.51. The fraction of sp³-hybridized carbons (Fsp3) is 0.214. The Kier molecular flexibility index (Phi) is 6.13. The zero-order valence-corrected chi connectivity index (χ0v) is 20.6. The lowest BCUT2D eigenvalue weighted by Crippen LogP contribution is -2.41. The van der Waals surface area contributed by atoms with Gasteiger partial charge in [0.1, 0.15) is 0 Å². The SMILES string of the molecule is C=Cc1ccc(P(=O)(c2ccc(C=C)cc2)c2ccc(B3OC(C)(C)C(C)(C)O3)cc2)cc1. The molecule has 0 radical (unpaired) electrons. The van der Waals surface area contributed by atoms with Crippen LogP contribution in [0.2, 0.25) is 0 Å². The lowest BCUT2D eigenvalue weighted by Gasteiger charge is -2.32. The molecule has 0 amide bonds. The quantitative estimate of drug-likeness (QED) is 0.391. The van der Waals surface area contributed by atoms with E-state index in [0.29, 0.717) is 0 Å². The van der Waals surface area contributed by atoms with Crippen LogP contribution in [0.1, 0.15) is 38.8 Å². The molecule has 1 fully saturated rings. The van der Waals surface area contributed by atoms with E-state index in [-0.39, 0.29) is 0 Å². The maximum atomic E-state index is 14.7. The van der Waals surface area contributed by atoms with Gasteiger partial charge in [-0.05, 0) is 44.3 Å². The second-order valence-electron chi connectivity index (χ2n) is 9.38. The maximum absolute atomic E-state index is 14.7. The predicted molar refractivity (Wildman–Crippen MR) is 142 cm³/mol. The average molecular weight is 456 g/mol. The van der Waals surface area contributed by atoms with Crippen LogP contribution in [-0.2, 0) is 13.9 Å². The smallest absolute Gasteiger partial charge is 0.399 e. The molecule has 1 saturated heterocycles. The summed E-state index contributed by atoms with van der Waals surface area (Å²) in [6.07, 6.45) is 3.57. The third-order valence-corrected chi connectivity index (χ3v) is 9.84. The Morgan fingerprint density at radius 1 is 0.667 bits per heavy atom. The largest absolute Gasteiger partial charge is 0.494 e. The van der Waals surface area contributed by atoms with E-state index in [9.17, 15) is 4.57 Å². The second kappa shape index (κ2) is 8.61. The van der Waals surface area contributed by atoms with E-state index in [1.807, 2.05) is 100 Å². The summed E-state index contributed by atoms with van der Waals surface area (Å²) in [6, 6.07) is 23.3. The van der Waals surface area contributed by atoms with Crippen LogP contribution in [0.3, 0.4) is 0 Å². The van der Waals surface area contributed by atoms with Gasteiger partial charge in [-0.3, -0.25) is 0 Å². The molecule has 33 heavy (non-hydrogen) atoms. The minimum Gasteiger partial charge on any atom is -0.399 e. The normalized spacial score (nSPS) is 17.0. The Balaban J connectivity index is 1.77. The highest BCUT2D eigenvalue weighted by atomic mass is 31.2. The molecule has 0 aromatic heterocycles. The van der Waals surface area contributed by atoms with Crippen molar-refractivity contribution in [2.45, 2.75) is 38.9 Å². The van der Waals surface area contributed by atoms with Crippen LogP contribution in [0, 0.1) is 0 Å². The van der Waals surface area contributed by atoms with Crippen molar-refractivity contribution in [1.82, 2.24) is 0 Å². The van der Waals surface area contributed by atoms with E-state index in [1.54, 1.807) is 12.2 Å². The minimum atomic E-state index is -3.09. The van der Waals surface area contributed by atoms with Crippen LogP contribution in [-0.4, -0.2) is 18.3 Å². The van der Waals surface area contributed by atoms with Crippen molar-refractivity contribution in [3.63, 3.8) is 0 Å². The Hall–Kier alpha value is -2.65. The van der Waals surface area contributed by atoms with E-state index in [4.69, 9.17) is 9.31 Å². The zero-order chi connectivity index (χ0) is 23.9. The minimum absolute atomic E-state index is 0.411. The van der Waals surface area contributed by atoms with Crippen molar-refractivity contribution in [2.75, 3.05) is 0 Å². The molecular weight excluding hydrogens is 426 g/mol. The molecule has 0 unspecified atom stereocenters. The molecule has 3 aromatic rings. The van der Waals surface area contributed by atoms with E-state index in [1.165, 1.54) is 0 Å². The van der Waals surface area contributed by atoms with Gasteiger partial charge in [-0.2, -0.15) is 0 Å². The first-order valence-corrected chi connectivity index (χ1v) is 12.8. The summed E-state index contributed by atoms with van der Waals surface area (Å²) in [5.41, 5.74) is 2.07. The summed E-state index contributed by atoms with van der Waals surface area (Å²) in [5.74, 6) is 0. The van der Waals surface area contributed by atoms with Crippen LogP contribution in [0.4, 0.5) is 0 Å². The Labute approximate surface area is 197 Å². The molecule has 4 rings (SSSR count). The van der Waals surface area contributed by atoms with Gasteiger partial charge in [-0.15, -0.1) is 0 Å². The van der Waals surface area contributed by atoms with Crippen LogP contribution in [0.25, 0.3) is 12.2 Å². The zero-order valence-electron chi connectivity index (χ0n) is 19.7. The molecule has 3 aromatic carbocycles. The number of hydrogen-bond donors (Lipinski definition) is 0. The topological polar surface area (TPSA) is 35.5 Å². The second-order valence-corrected chi connectivity index (χ2v) is 12.1. The molecule has 168 valence electrons. The van der Waals surface area contributed by atoms with Crippen molar-refractivity contribution in [3.05, 3.63) is 97.1 Å². The van der Waals surface area contributed by atoms with Crippen LogP contribution >= 0.6 is 7.14 Å². The van der Waals surface area contributed by atoms with Gasteiger partial charge in [-0.1, -0.05) is 98.1 Å². The lowest BCUT2D eigenvalue weighted by molar-refractivity contribution is 0.00578. The third kappa shape index (κ3) is 4.20. The third-order valence-electron chi connectivity index (χ3n) is 6.77. The number of hydrogen-bond acceptors (Lipinski definition) is 3. The van der Waals surface area contributed by atoms with Gasteiger partial charge in [0.25, 0.3) is 0 Å². The monoisotopic (exact) mass is 456 g/mol. The van der Waals surface area contributed by atoms with Gasteiger partial charge in [0.2, 0.25) is 0 Å². The fourth-order valence-corrected chi connectivity index (χ4v) is 6.51. The Bertz CT molecular complexity index is 1140. The summed E-state index contributed by atoms with van der Waals surface area (Å²) in [7, 11) is -3.55. The van der Waals surface area contributed by atoms with Gasteiger partial charge in [0.05, 0.1) is 11.2 Å². The van der Waals surface area contributed by atoms with Crippen molar-refractivity contribution in [1.29, 1.82) is 0 Å². The van der Waals surface area contributed by atoms with Gasteiger partial charge in [0.15, 0.2) is 7.14 Å². The average Bonchev–Trinajstić information content (AvgIpc) is 3.05. The van der Waals surface area contributed by atoms with E-state index in [0.717, 1.165) is 32.5 Å². The molecule has 5 heteroatoms. The van der Waals surface area contributed by atoms with Gasteiger partial charge >= 0.3 is 7.12 Å². The molecule has 1 aliphatic rings. The van der Waals surface area contributed by atoms with Crippen molar-refractivity contribution in [2.24, 2.45) is 0 Å². The standard InChI is InChI=1S/C28H30BO3P/c1-7-21-9-15-24(16-10-21)33(30,25-17-11-22(8-2)12-18-25)26-19-13-23(14-20-26)29-31-27(3,4)28(5,6)32-29/h7-20H,1-2H2,3-6H3. The van der Waals surface area contributed by atoms with Crippen molar-refractivity contribution < 1.29 is 13.9 Å². The maximum Gasteiger partial charge on any atom is 0.494 e. The molecule has 0 aliphatic carbocycles.